The Labute approximate surface area is 112 Å². The highest BCUT2D eigenvalue weighted by atomic mass is 19.1. The van der Waals surface area contributed by atoms with Crippen LogP contribution in [0, 0.1) is 5.82 Å². The summed E-state index contributed by atoms with van der Waals surface area (Å²) < 4.78 is 13.3. The highest BCUT2D eigenvalue weighted by Crippen LogP contribution is 2.21. The van der Waals surface area contributed by atoms with Crippen molar-refractivity contribution in [2.75, 3.05) is 6.54 Å². The van der Waals surface area contributed by atoms with Crippen LogP contribution in [0.25, 0.3) is 0 Å². The van der Waals surface area contributed by atoms with Gasteiger partial charge in [-0.25, -0.2) is 4.39 Å². The van der Waals surface area contributed by atoms with Crippen molar-refractivity contribution in [3.05, 3.63) is 65.5 Å². The molecular formula is C16H18FNO. The van der Waals surface area contributed by atoms with E-state index in [0.717, 1.165) is 17.7 Å². The third-order valence-corrected chi connectivity index (χ3v) is 3.05. The summed E-state index contributed by atoms with van der Waals surface area (Å²) in [7, 11) is 0. The quantitative estimate of drug-likeness (QED) is 0.862. The van der Waals surface area contributed by atoms with Crippen LogP contribution in [0.5, 0.6) is 5.75 Å². The number of likely N-dealkylation sites (N-methyl/N-ethyl adjacent to an activating group) is 1. The van der Waals surface area contributed by atoms with E-state index in [-0.39, 0.29) is 17.6 Å². The Morgan fingerprint density at radius 1 is 1.16 bits per heavy atom. The predicted octanol–water partition coefficient (Wildman–Crippen LogP) is 3.42. The van der Waals surface area contributed by atoms with Gasteiger partial charge in [0.15, 0.2) is 0 Å². The molecule has 0 aliphatic heterocycles. The van der Waals surface area contributed by atoms with Crippen LogP contribution < -0.4 is 5.32 Å². The molecule has 0 aromatic heterocycles. The molecule has 3 heteroatoms. The normalized spacial score (nSPS) is 12.3. The minimum atomic E-state index is -0.226. The molecule has 2 N–H and O–H groups in total. The van der Waals surface area contributed by atoms with Crippen LogP contribution in [-0.2, 0) is 6.42 Å². The molecule has 2 rings (SSSR count). The smallest absolute Gasteiger partial charge is 0.123 e. The molecular weight excluding hydrogens is 241 g/mol. The number of hydrogen-bond donors (Lipinski definition) is 2. The molecule has 2 aromatic carbocycles. The summed E-state index contributed by atoms with van der Waals surface area (Å²) >= 11 is 0. The fourth-order valence-electron chi connectivity index (χ4n) is 2.20. The van der Waals surface area contributed by atoms with Crippen molar-refractivity contribution in [3.63, 3.8) is 0 Å². The third kappa shape index (κ3) is 3.80. The van der Waals surface area contributed by atoms with Gasteiger partial charge >= 0.3 is 0 Å². The molecule has 0 bridgehead atoms. The summed E-state index contributed by atoms with van der Waals surface area (Å²) in [5.74, 6) is 0.0308. The predicted molar refractivity (Wildman–Crippen MR) is 74.6 cm³/mol. The van der Waals surface area contributed by atoms with E-state index in [0.29, 0.717) is 6.42 Å². The van der Waals surface area contributed by atoms with Crippen LogP contribution in [0.1, 0.15) is 24.1 Å². The maximum absolute atomic E-state index is 13.3. The molecule has 1 unspecified atom stereocenters. The lowest BCUT2D eigenvalue weighted by molar-refractivity contribution is 0.473. The van der Waals surface area contributed by atoms with Gasteiger partial charge in [0, 0.05) is 6.04 Å². The Balaban J connectivity index is 2.21. The Hall–Kier alpha value is -1.87. The maximum Gasteiger partial charge on any atom is 0.123 e. The van der Waals surface area contributed by atoms with Crippen molar-refractivity contribution in [1.82, 2.24) is 5.32 Å². The molecule has 0 saturated carbocycles. The van der Waals surface area contributed by atoms with Crippen molar-refractivity contribution in [3.8, 4) is 5.75 Å². The van der Waals surface area contributed by atoms with Crippen LogP contribution in [0.3, 0.4) is 0 Å². The molecule has 1 atom stereocenters. The number of phenols is 1. The topological polar surface area (TPSA) is 32.3 Å². The minimum Gasteiger partial charge on any atom is -0.508 e. The first-order valence-corrected chi connectivity index (χ1v) is 6.46. The van der Waals surface area contributed by atoms with E-state index in [1.807, 2.05) is 25.1 Å². The van der Waals surface area contributed by atoms with E-state index >= 15 is 0 Å². The lowest BCUT2D eigenvalue weighted by Crippen LogP contribution is -2.23. The van der Waals surface area contributed by atoms with E-state index in [1.165, 1.54) is 6.07 Å². The fraction of sp³-hybridized carbons (Fsp3) is 0.250. The average molecular weight is 259 g/mol. The first-order valence-electron chi connectivity index (χ1n) is 6.46. The summed E-state index contributed by atoms with van der Waals surface area (Å²) in [4.78, 5) is 0. The Morgan fingerprint density at radius 3 is 2.63 bits per heavy atom. The molecule has 19 heavy (non-hydrogen) atoms. The number of phenolic OH excluding ortho intramolecular Hbond substituents is 1. The SMILES string of the molecule is CCNC(Cc1cccc(O)c1)c1cccc(F)c1. The number of benzene rings is 2. The number of rotatable bonds is 5. The Bertz CT molecular complexity index is 542. The summed E-state index contributed by atoms with van der Waals surface area (Å²) in [5, 5.41) is 12.8. The standard InChI is InChI=1S/C16H18FNO/c1-2-18-16(13-6-4-7-14(17)11-13)10-12-5-3-8-15(19)9-12/h3-9,11,16,18-19H,2,10H2,1H3. The van der Waals surface area contributed by atoms with Gasteiger partial charge in [0.1, 0.15) is 11.6 Å². The van der Waals surface area contributed by atoms with E-state index in [9.17, 15) is 9.50 Å². The van der Waals surface area contributed by atoms with Gasteiger partial charge in [-0.2, -0.15) is 0 Å². The van der Waals surface area contributed by atoms with Gasteiger partial charge < -0.3 is 10.4 Å². The molecule has 0 heterocycles. The molecule has 0 fully saturated rings. The second-order valence-corrected chi connectivity index (χ2v) is 4.54. The van der Waals surface area contributed by atoms with Crippen molar-refractivity contribution < 1.29 is 9.50 Å². The molecule has 100 valence electrons. The first-order chi connectivity index (χ1) is 9.19. The largest absolute Gasteiger partial charge is 0.508 e. The van der Waals surface area contributed by atoms with Gasteiger partial charge in [-0.1, -0.05) is 31.2 Å². The second kappa shape index (κ2) is 6.34. The molecule has 0 spiro atoms. The van der Waals surface area contributed by atoms with Crippen LogP contribution in [0.2, 0.25) is 0 Å². The van der Waals surface area contributed by atoms with Crippen LogP contribution in [-0.4, -0.2) is 11.7 Å². The monoisotopic (exact) mass is 259 g/mol. The van der Waals surface area contributed by atoms with E-state index in [1.54, 1.807) is 24.3 Å². The first kappa shape index (κ1) is 13.6. The molecule has 0 aliphatic carbocycles. The highest BCUT2D eigenvalue weighted by molar-refractivity contribution is 5.30. The zero-order valence-electron chi connectivity index (χ0n) is 10.9. The lowest BCUT2D eigenvalue weighted by atomic mass is 9.98. The van der Waals surface area contributed by atoms with Gasteiger partial charge in [-0.05, 0) is 48.4 Å². The van der Waals surface area contributed by atoms with E-state index in [4.69, 9.17) is 0 Å². The summed E-state index contributed by atoms with van der Waals surface area (Å²) in [6.07, 6.45) is 0.714. The summed E-state index contributed by atoms with van der Waals surface area (Å²) in [6.45, 7) is 2.83. The number of hydrogen-bond acceptors (Lipinski definition) is 2. The molecule has 2 aromatic rings. The summed E-state index contributed by atoms with van der Waals surface area (Å²) in [5.41, 5.74) is 1.94. The number of halogens is 1. The van der Waals surface area contributed by atoms with E-state index in [2.05, 4.69) is 5.32 Å². The van der Waals surface area contributed by atoms with Crippen molar-refractivity contribution in [1.29, 1.82) is 0 Å². The lowest BCUT2D eigenvalue weighted by Gasteiger charge is -2.18. The molecule has 0 amide bonds. The minimum absolute atomic E-state index is 0.0440. The van der Waals surface area contributed by atoms with Crippen LogP contribution in [0.4, 0.5) is 4.39 Å². The van der Waals surface area contributed by atoms with Gasteiger partial charge in [0.05, 0.1) is 0 Å². The second-order valence-electron chi connectivity index (χ2n) is 4.54. The van der Waals surface area contributed by atoms with Crippen molar-refractivity contribution in [2.45, 2.75) is 19.4 Å². The number of nitrogens with one attached hydrogen (secondary N) is 1. The molecule has 0 radical (unpaired) electrons. The van der Waals surface area contributed by atoms with Gasteiger partial charge in [-0.15, -0.1) is 0 Å². The van der Waals surface area contributed by atoms with Crippen LogP contribution in [0.15, 0.2) is 48.5 Å². The maximum atomic E-state index is 13.3. The zero-order chi connectivity index (χ0) is 13.7. The van der Waals surface area contributed by atoms with Gasteiger partial charge in [-0.3, -0.25) is 0 Å². The molecule has 2 nitrogen and oxygen atoms in total. The Morgan fingerprint density at radius 2 is 1.95 bits per heavy atom. The molecule has 0 saturated heterocycles. The number of aromatic hydroxyl groups is 1. The fourth-order valence-corrected chi connectivity index (χ4v) is 2.20. The van der Waals surface area contributed by atoms with Gasteiger partial charge in [0.2, 0.25) is 0 Å². The zero-order valence-corrected chi connectivity index (χ0v) is 10.9. The summed E-state index contributed by atoms with van der Waals surface area (Å²) in [6, 6.07) is 13.8. The van der Waals surface area contributed by atoms with Crippen LogP contribution >= 0.6 is 0 Å². The van der Waals surface area contributed by atoms with Gasteiger partial charge in [0.25, 0.3) is 0 Å². The van der Waals surface area contributed by atoms with E-state index < -0.39 is 0 Å². The Kier molecular flexibility index (Phi) is 4.53. The molecule has 0 aliphatic rings. The van der Waals surface area contributed by atoms with Crippen molar-refractivity contribution >= 4 is 0 Å². The highest BCUT2D eigenvalue weighted by Gasteiger charge is 2.12. The average Bonchev–Trinajstić information content (AvgIpc) is 2.38. The third-order valence-electron chi connectivity index (χ3n) is 3.05. The van der Waals surface area contributed by atoms with Crippen molar-refractivity contribution in [2.24, 2.45) is 0 Å².